The minimum Gasteiger partial charge on any atom is -0.353 e. The van der Waals surface area contributed by atoms with Crippen LogP contribution in [0.4, 0.5) is 4.39 Å². The molecule has 1 heterocycles. The number of benzene rings is 1. The predicted molar refractivity (Wildman–Crippen MR) is 117 cm³/mol. The van der Waals surface area contributed by atoms with Crippen molar-refractivity contribution in [1.29, 1.82) is 0 Å². The maximum Gasteiger partial charge on any atom is 0.244 e. The van der Waals surface area contributed by atoms with Crippen molar-refractivity contribution in [2.45, 2.75) is 23.4 Å². The summed E-state index contributed by atoms with van der Waals surface area (Å²) in [6, 6.07) is 8.04. The van der Waals surface area contributed by atoms with Crippen LogP contribution in [-0.4, -0.2) is 57.9 Å². The molecular weight excluding hydrogens is 433 g/mol. The summed E-state index contributed by atoms with van der Waals surface area (Å²) in [5, 5.41) is 4.82. The third-order valence-electron chi connectivity index (χ3n) is 4.32. The van der Waals surface area contributed by atoms with Gasteiger partial charge in [-0.1, -0.05) is 18.2 Å². The number of nitrogens with zero attached hydrogens (tertiary/aromatic N) is 1. The topological polar surface area (TPSA) is 78.5 Å². The summed E-state index contributed by atoms with van der Waals surface area (Å²) in [5.74, 6) is -0.698. The van der Waals surface area contributed by atoms with Crippen molar-refractivity contribution in [1.82, 2.24) is 14.9 Å². The first kappa shape index (κ1) is 23.8. The molecule has 0 saturated carbocycles. The van der Waals surface area contributed by atoms with Gasteiger partial charge >= 0.3 is 0 Å². The van der Waals surface area contributed by atoms with E-state index in [0.717, 1.165) is 10.9 Å². The van der Waals surface area contributed by atoms with Crippen molar-refractivity contribution in [2.24, 2.45) is 0 Å². The van der Waals surface area contributed by atoms with E-state index >= 15 is 0 Å². The SMILES string of the molecule is CSCCC(NS(=O)(=O)c1ccccc1F)C(=O)NCC(c1cccs1)N(C)C. The fraction of sp³-hybridized carbons (Fsp3) is 0.421. The zero-order chi connectivity index (χ0) is 21.4. The van der Waals surface area contributed by atoms with Gasteiger partial charge in [0.1, 0.15) is 16.8 Å². The van der Waals surface area contributed by atoms with E-state index in [1.165, 1.54) is 30.0 Å². The molecule has 0 aliphatic rings. The molecule has 0 radical (unpaired) electrons. The molecule has 160 valence electrons. The van der Waals surface area contributed by atoms with E-state index in [-0.39, 0.29) is 6.04 Å². The Morgan fingerprint density at radius 1 is 1.24 bits per heavy atom. The number of hydrogen-bond donors (Lipinski definition) is 2. The normalized spacial score (nSPS) is 14.0. The van der Waals surface area contributed by atoms with Crippen LogP contribution in [0.2, 0.25) is 0 Å². The number of thioether (sulfide) groups is 1. The standard InChI is InChI=1S/C19H26FN3O3S3/c1-23(2)16(17-8-6-11-28-17)13-21-19(24)15(10-12-27-3)22-29(25,26)18-9-5-4-7-14(18)20/h4-9,11,15-16,22H,10,12-13H2,1-3H3,(H,21,24). The maximum atomic E-state index is 14.0. The maximum absolute atomic E-state index is 14.0. The number of hydrogen-bond acceptors (Lipinski definition) is 6. The minimum atomic E-state index is -4.17. The van der Waals surface area contributed by atoms with Gasteiger partial charge in [0.25, 0.3) is 0 Å². The lowest BCUT2D eigenvalue weighted by Crippen LogP contribution is -2.48. The van der Waals surface area contributed by atoms with Gasteiger partial charge in [-0.2, -0.15) is 16.5 Å². The van der Waals surface area contributed by atoms with Gasteiger partial charge in [-0.15, -0.1) is 11.3 Å². The molecule has 6 nitrogen and oxygen atoms in total. The molecule has 2 N–H and O–H groups in total. The quantitative estimate of drug-likeness (QED) is 0.540. The Bertz CT molecular complexity index is 889. The van der Waals surface area contributed by atoms with Crippen molar-refractivity contribution < 1.29 is 17.6 Å². The number of carbonyl (C=O) groups is 1. The summed E-state index contributed by atoms with van der Waals surface area (Å²) < 4.78 is 41.6. The van der Waals surface area contributed by atoms with E-state index in [4.69, 9.17) is 0 Å². The third kappa shape index (κ3) is 6.78. The third-order valence-corrected chi connectivity index (χ3v) is 7.44. The Kier molecular flexibility index (Phi) is 9.09. The Balaban J connectivity index is 2.12. The lowest BCUT2D eigenvalue weighted by atomic mass is 10.2. The summed E-state index contributed by atoms with van der Waals surface area (Å²) in [4.78, 5) is 15.4. The highest BCUT2D eigenvalue weighted by atomic mass is 32.2. The van der Waals surface area contributed by atoms with Crippen LogP contribution in [0, 0.1) is 5.82 Å². The van der Waals surface area contributed by atoms with Crippen molar-refractivity contribution >= 4 is 39.0 Å². The highest BCUT2D eigenvalue weighted by Crippen LogP contribution is 2.22. The van der Waals surface area contributed by atoms with E-state index in [1.807, 2.05) is 42.8 Å². The van der Waals surface area contributed by atoms with Crippen LogP contribution in [0.3, 0.4) is 0 Å². The average Bonchev–Trinajstić information content (AvgIpc) is 3.19. The second kappa shape index (κ2) is 11.1. The van der Waals surface area contributed by atoms with E-state index in [9.17, 15) is 17.6 Å². The Morgan fingerprint density at radius 2 is 1.97 bits per heavy atom. The van der Waals surface area contributed by atoms with Crippen molar-refractivity contribution in [2.75, 3.05) is 32.6 Å². The van der Waals surface area contributed by atoms with E-state index in [1.54, 1.807) is 11.3 Å². The molecule has 2 unspecified atom stereocenters. The van der Waals surface area contributed by atoms with Crippen molar-refractivity contribution in [3.8, 4) is 0 Å². The van der Waals surface area contributed by atoms with E-state index in [0.29, 0.717) is 18.7 Å². The molecule has 0 aliphatic carbocycles. The van der Waals surface area contributed by atoms with Crippen LogP contribution in [0.25, 0.3) is 0 Å². The summed E-state index contributed by atoms with van der Waals surface area (Å²) in [6.07, 6.45) is 2.17. The fourth-order valence-electron chi connectivity index (χ4n) is 2.73. The zero-order valence-corrected chi connectivity index (χ0v) is 19.0. The summed E-state index contributed by atoms with van der Waals surface area (Å²) >= 11 is 3.10. The van der Waals surface area contributed by atoms with Gasteiger partial charge in [0.2, 0.25) is 15.9 Å². The van der Waals surface area contributed by atoms with Crippen LogP contribution in [0.1, 0.15) is 17.3 Å². The van der Waals surface area contributed by atoms with E-state index < -0.39 is 32.7 Å². The minimum absolute atomic E-state index is 0.0247. The number of sulfonamides is 1. The fourth-order valence-corrected chi connectivity index (χ4v) is 5.43. The van der Waals surface area contributed by atoms with Crippen LogP contribution in [0.5, 0.6) is 0 Å². The molecule has 1 amide bonds. The van der Waals surface area contributed by atoms with Gasteiger partial charge in [-0.3, -0.25) is 4.79 Å². The highest BCUT2D eigenvalue weighted by Gasteiger charge is 2.28. The smallest absolute Gasteiger partial charge is 0.244 e. The number of amides is 1. The molecule has 2 aromatic rings. The molecule has 2 rings (SSSR count). The molecule has 10 heteroatoms. The van der Waals surface area contributed by atoms with Crippen LogP contribution < -0.4 is 10.0 Å². The number of thiophene rings is 1. The monoisotopic (exact) mass is 459 g/mol. The van der Waals surface area contributed by atoms with Gasteiger partial charge in [-0.05, 0) is 56.1 Å². The number of likely N-dealkylation sites (N-methyl/N-ethyl adjacent to an activating group) is 1. The lowest BCUT2D eigenvalue weighted by Gasteiger charge is -2.25. The second-order valence-corrected chi connectivity index (χ2v) is 10.3. The zero-order valence-electron chi connectivity index (χ0n) is 16.6. The van der Waals surface area contributed by atoms with Gasteiger partial charge in [0, 0.05) is 11.4 Å². The summed E-state index contributed by atoms with van der Waals surface area (Å²) in [7, 11) is -0.329. The first-order valence-electron chi connectivity index (χ1n) is 8.99. The molecule has 29 heavy (non-hydrogen) atoms. The van der Waals surface area contributed by atoms with Gasteiger partial charge < -0.3 is 10.2 Å². The van der Waals surface area contributed by atoms with E-state index in [2.05, 4.69) is 10.0 Å². The molecule has 0 spiro atoms. The van der Waals surface area contributed by atoms with Crippen LogP contribution >= 0.6 is 23.1 Å². The summed E-state index contributed by atoms with van der Waals surface area (Å²) in [6.45, 7) is 0.337. The van der Waals surface area contributed by atoms with Gasteiger partial charge in [0.15, 0.2) is 0 Å². The highest BCUT2D eigenvalue weighted by molar-refractivity contribution is 7.98. The number of halogens is 1. The lowest BCUT2D eigenvalue weighted by molar-refractivity contribution is -0.123. The second-order valence-electron chi connectivity index (χ2n) is 6.63. The van der Waals surface area contributed by atoms with Crippen molar-refractivity contribution in [3.05, 3.63) is 52.5 Å². The van der Waals surface area contributed by atoms with Crippen molar-refractivity contribution in [3.63, 3.8) is 0 Å². The van der Waals surface area contributed by atoms with Gasteiger partial charge in [-0.25, -0.2) is 12.8 Å². The molecule has 1 aromatic heterocycles. The molecule has 2 atom stereocenters. The first-order valence-corrected chi connectivity index (χ1v) is 12.7. The number of nitrogens with one attached hydrogen (secondary N) is 2. The first-order chi connectivity index (χ1) is 13.8. The molecule has 0 aliphatic heterocycles. The van der Waals surface area contributed by atoms with Gasteiger partial charge in [0.05, 0.1) is 6.04 Å². The van der Waals surface area contributed by atoms with Crippen LogP contribution in [-0.2, 0) is 14.8 Å². The molecular formula is C19H26FN3O3S3. The Labute approximate surface area is 179 Å². The molecule has 0 fully saturated rings. The number of rotatable bonds is 11. The Hall–Kier alpha value is -1.46. The predicted octanol–water partition coefficient (Wildman–Crippen LogP) is 2.71. The molecule has 0 bridgehead atoms. The van der Waals surface area contributed by atoms with Crippen LogP contribution in [0.15, 0.2) is 46.7 Å². The Morgan fingerprint density at radius 3 is 2.55 bits per heavy atom. The molecule has 1 aromatic carbocycles. The summed E-state index contributed by atoms with van der Waals surface area (Å²) in [5.41, 5.74) is 0. The number of carbonyl (C=O) groups excluding carboxylic acids is 1. The average molecular weight is 460 g/mol. The molecule has 0 saturated heterocycles. The largest absolute Gasteiger partial charge is 0.353 e.